The zero-order valence-electron chi connectivity index (χ0n) is 13.6. The van der Waals surface area contributed by atoms with Gasteiger partial charge in [-0.25, -0.2) is 0 Å². The largest absolute Gasteiger partial charge is 0.383 e. The van der Waals surface area contributed by atoms with Gasteiger partial charge >= 0.3 is 0 Å². The molecule has 2 rings (SSSR count). The minimum Gasteiger partial charge on any atom is -0.383 e. The van der Waals surface area contributed by atoms with Gasteiger partial charge in [-0.15, -0.1) is 0 Å². The number of likely N-dealkylation sites (tertiary alicyclic amines) is 1. The van der Waals surface area contributed by atoms with E-state index >= 15 is 0 Å². The number of halogens is 1. The van der Waals surface area contributed by atoms with E-state index in [4.69, 9.17) is 16.3 Å². The molecule has 0 bridgehead atoms. The quantitative estimate of drug-likeness (QED) is 0.774. The Morgan fingerprint density at radius 3 is 2.74 bits per heavy atom. The lowest BCUT2D eigenvalue weighted by Crippen LogP contribution is -2.55. The zero-order valence-corrected chi connectivity index (χ0v) is 14.4. The number of carbonyl (C=O) groups is 2. The number of hydrogen-bond acceptors (Lipinski definition) is 3. The molecule has 1 saturated heterocycles. The Balaban J connectivity index is 2.00. The summed E-state index contributed by atoms with van der Waals surface area (Å²) in [4.78, 5) is 26.4. The number of ether oxygens (including phenoxy) is 1. The molecule has 0 spiro atoms. The van der Waals surface area contributed by atoms with Gasteiger partial charge in [-0.2, -0.15) is 0 Å². The number of rotatable bonds is 7. The van der Waals surface area contributed by atoms with Crippen molar-refractivity contribution in [3.63, 3.8) is 0 Å². The minimum atomic E-state index is -0.781. The molecule has 2 amide bonds. The monoisotopic (exact) mass is 338 g/mol. The third-order valence-electron chi connectivity index (χ3n) is 4.34. The Labute approximate surface area is 141 Å². The summed E-state index contributed by atoms with van der Waals surface area (Å²) in [5, 5.41) is 3.54. The van der Waals surface area contributed by atoms with Gasteiger partial charge in [-0.05, 0) is 37.5 Å². The summed E-state index contributed by atoms with van der Waals surface area (Å²) in [5.41, 5.74) is 0.313. The second-order valence-electron chi connectivity index (χ2n) is 5.94. The van der Waals surface area contributed by atoms with Crippen LogP contribution in [0, 0.1) is 0 Å². The summed E-state index contributed by atoms with van der Waals surface area (Å²) in [7, 11) is 1.59. The van der Waals surface area contributed by atoms with Crippen LogP contribution < -0.4 is 5.32 Å². The van der Waals surface area contributed by atoms with Crippen molar-refractivity contribution in [3.8, 4) is 0 Å². The van der Waals surface area contributed by atoms with Gasteiger partial charge in [0.2, 0.25) is 11.8 Å². The van der Waals surface area contributed by atoms with Gasteiger partial charge in [0, 0.05) is 31.6 Å². The molecule has 1 aliphatic rings. The van der Waals surface area contributed by atoms with Gasteiger partial charge in [0.05, 0.1) is 6.61 Å². The maximum absolute atomic E-state index is 12.5. The van der Waals surface area contributed by atoms with Crippen LogP contribution in [0.15, 0.2) is 24.3 Å². The molecule has 1 heterocycles. The van der Waals surface area contributed by atoms with Gasteiger partial charge in [0.15, 0.2) is 0 Å². The number of nitrogens with zero attached hydrogens (tertiary/aromatic N) is 1. The standard InChI is InChI=1S/C17H23ClN2O3/c1-17(16(22)19-10-12-23-2)9-7-15(21)20(17)11-8-13-3-5-14(18)6-4-13/h3-6H,7-12H2,1-2H3,(H,19,22)/t17-/m0/s1. The Morgan fingerprint density at radius 2 is 2.09 bits per heavy atom. The fourth-order valence-corrected chi connectivity index (χ4v) is 2.98. The molecule has 0 aromatic heterocycles. The van der Waals surface area contributed by atoms with Crippen LogP contribution in [0.4, 0.5) is 0 Å². The smallest absolute Gasteiger partial charge is 0.245 e. The van der Waals surface area contributed by atoms with Crippen molar-refractivity contribution in [1.82, 2.24) is 10.2 Å². The van der Waals surface area contributed by atoms with E-state index in [1.807, 2.05) is 31.2 Å². The van der Waals surface area contributed by atoms with Crippen LogP contribution in [0.2, 0.25) is 5.02 Å². The van der Waals surface area contributed by atoms with Crippen LogP contribution in [0.5, 0.6) is 0 Å². The van der Waals surface area contributed by atoms with E-state index in [1.54, 1.807) is 12.0 Å². The van der Waals surface area contributed by atoms with Gasteiger partial charge in [0.25, 0.3) is 0 Å². The maximum atomic E-state index is 12.5. The predicted molar refractivity (Wildman–Crippen MR) is 89.4 cm³/mol. The number of amides is 2. The predicted octanol–water partition coefficient (Wildman–Crippen LogP) is 2.03. The van der Waals surface area contributed by atoms with Gasteiger partial charge in [0.1, 0.15) is 5.54 Å². The Bertz CT molecular complexity index is 561. The summed E-state index contributed by atoms with van der Waals surface area (Å²) >= 11 is 5.88. The number of carbonyl (C=O) groups excluding carboxylic acids is 2. The lowest BCUT2D eigenvalue weighted by molar-refractivity contribution is -0.140. The molecule has 126 valence electrons. The van der Waals surface area contributed by atoms with E-state index in [0.29, 0.717) is 44.0 Å². The Morgan fingerprint density at radius 1 is 1.39 bits per heavy atom. The third kappa shape index (κ3) is 4.24. The molecule has 5 nitrogen and oxygen atoms in total. The molecule has 0 aliphatic carbocycles. The van der Waals surface area contributed by atoms with Crippen LogP contribution in [0.1, 0.15) is 25.3 Å². The van der Waals surface area contributed by atoms with Gasteiger partial charge in [-0.3, -0.25) is 9.59 Å². The van der Waals surface area contributed by atoms with E-state index in [-0.39, 0.29) is 11.8 Å². The number of nitrogens with one attached hydrogen (secondary N) is 1. The summed E-state index contributed by atoms with van der Waals surface area (Å²) in [6, 6.07) is 7.55. The van der Waals surface area contributed by atoms with Crippen LogP contribution in [-0.4, -0.2) is 49.1 Å². The molecule has 1 atom stereocenters. The average Bonchev–Trinajstić information content (AvgIpc) is 2.83. The molecule has 23 heavy (non-hydrogen) atoms. The zero-order chi connectivity index (χ0) is 16.9. The maximum Gasteiger partial charge on any atom is 0.245 e. The van der Waals surface area contributed by atoms with Crippen LogP contribution in [-0.2, 0) is 20.7 Å². The normalized spacial score (nSPS) is 20.8. The molecule has 1 fully saturated rings. The molecule has 1 aliphatic heterocycles. The third-order valence-corrected chi connectivity index (χ3v) is 4.59. The highest BCUT2D eigenvalue weighted by atomic mass is 35.5. The summed E-state index contributed by atoms with van der Waals surface area (Å²) in [6.07, 6.45) is 1.66. The van der Waals surface area contributed by atoms with E-state index in [9.17, 15) is 9.59 Å². The molecule has 6 heteroatoms. The van der Waals surface area contributed by atoms with Crippen molar-refractivity contribution in [3.05, 3.63) is 34.9 Å². The van der Waals surface area contributed by atoms with E-state index in [0.717, 1.165) is 5.56 Å². The lowest BCUT2D eigenvalue weighted by atomic mass is 9.97. The topological polar surface area (TPSA) is 58.6 Å². The first-order valence-electron chi connectivity index (χ1n) is 7.79. The van der Waals surface area contributed by atoms with Crippen molar-refractivity contribution in [2.45, 2.75) is 31.7 Å². The SMILES string of the molecule is COCCNC(=O)[C@]1(C)CCC(=O)N1CCc1ccc(Cl)cc1. The second kappa shape index (κ2) is 7.79. The Hall–Kier alpha value is -1.59. The highest BCUT2D eigenvalue weighted by molar-refractivity contribution is 6.30. The average molecular weight is 339 g/mol. The minimum absolute atomic E-state index is 0.0309. The second-order valence-corrected chi connectivity index (χ2v) is 6.38. The number of methoxy groups -OCH3 is 1. The molecule has 0 radical (unpaired) electrons. The fraction of sp³-hybridized carbons (Fsp3) is 0.529. The van der Waals surface area contributed by atoms with Crippen molar-refractivity contribution in [2.75, 3.05) is 26.8 Å². The van der Waals surface area contributed by atoms with Crippen molar-refractivity contribution in [1.29, 1.82) is 0 Å². The molecular weight excluding hydrogens is 316 g/mol. The molecule has 1 N–H and O–H groups in total. The van der Waals surface area contributed by atoms with Crippen molar-refractivity contribution in [2.24, 2.45) is 0 Å². The molecule has 1 aromatic rings. The summed E-state index contributed by atoms with van der Waals surface area (Å²) in [5.74, 6) is -0.0835. The molecule has 0 saturated carbocycles. The first-order chi connectivity index (χ1) is 11.0. The first kappa shape index (κ1) is 17.8. The van der Waals surface area contributed by atoms with Gasteiger partial charge < -0.3 is 15.0 Å². The molecule has 0 unspecified atom stereocenters. The number of hydrogen-bond donors (Lipinski definition) is 1. The summed E-state index contributed by atoms with van der Waals surface area (Å²) < 4.78 is 4.94. The first-order valence-corrected chi connectivity index (χ1v) is 8.17. The van der Waals surface area contributed by atoms with E-state index in [2.05, 4.69) is 5.32 Å². The number of benzene rings is 1. The van der Waals surface area contributed by atoms with Crippen LogP contribution in [0.3, 0.4) is 0 Å². The van der Waals surface area contributed by atoms with Gasteiger partial charge in [-0.1, -0.05) is 23.7 Å². The molecule has 1 aromatic carbocycles. The van der Waals surface area contributed by atoms with Crippen LogP contribution >= 0.6 is 11.6 Å². The highest BCUT2D eigenvalue weighted by Crippen LogP contribution is 2.30. The lowest BCUT2D eigenvalue weighted by Gasteiger charge is -2.34. The Kier molecular flexibility index (Phi) is 6.02. The highest BCUT2D eigenvalue weighted by Gasteiger charge is 2.46. The molecular formula is C17H23ClN2O3. The van der Waals surface area contributed by atoms with E-state index in [1.165, 1.54) is 0 Å². The summed E-state index contributed by atoms with van der Waals surface area (Å²) in [6.45, 7) is 3.27. The van der Waals surface area contributed by atoms with Crippen LogP contribution in [0.25, 0.3) is 0 Å². The van der Waals surface area contributed by atoms with E-state index < -0.39 is 5.54 Å². The fourth-order valence-electron chi connectivity index (χ4n) is 2.85. The van der Waals surface area contributed by atoms with Crippen molar-refractivity contribution >= 4 is 23.4 Å². The van der Waals surface area contributed by atoms with Crippen molar-refractivity contribution < 1.29 is 14.3 Å².